The van der Waals surface area contributed by atoms with Gasteiger partial charge in [0.15, 0.2) is 11.6 Å². The molecule has 0 aliphatic carbocycles. The molecule has 0 bridgehead atoms. The highest BCUT2D eigenvalue weighted by Gasteiger charge is 2.26. The normalized spacial score (nSPS) is 12.1. The summed E-state index contributed by atoms with van der Waals surface area (Å²) in [6, 6.07) is 2.05. The van der Waals surface area contributed by atoms with E-state index in [1.54, 1.807) is 13.8 Å². The lowest BCUT2D eigenvalue weighted by molar-refractivity contribution is -0.147. The fourth-order valence-electron chi connectivity index (χ4n) is 3.57. The molecule has 1 amide bonds. The van der Waals surface area contributed by atoms with Crippen LogP contribution < -0.4 is 5.32 Å². The summed E-state index contributed by atoms with van der Waals surface area (Å²) in [5.41, 5.74) is -0.0386. The molecule has 1 aromatic carbocycles. The van der Waals surface area contributed by atoms with Crippen molar-refractivity contribution in [1.82, 2.24) is 5.32 Å². The monoisotopic (exact) mass is 453 g/mol. The van der Waals surface area contributed by atoms with E-state index in [4.69, 9.17) is 4.74 Å². The van der Waals surface area contributed by atoms with Gasteiger partial charge in [-0.25, -0.2) is 13.6 Å². The summed E-state index contributed by atoms with van der Waals surface area (Å²) in [6.45, 7) is 6.14. The fourth-order valence-corrected chi connectivity index (χ4v) is 3.57. The Labute approximate surface area is 192 Å². The van der Waals surface area contributed by atoms with Gasteiger partial charge in [-0.1, -0.05) is 91.4 Å². The molecule has 1 atom stereocenters. The number of nitrogens with one attached hydrogen (secondary N) is 1. The van der Waals surface area contributed by atoms with E-state index in [0.717, 1.165) is 31.4 Å². The van der Waals surface area contributed by atoms with Gasteiger partial charge in [0.2, 0.25) is 0 Å². The highest BCUT2D eigenvalue weighted by Crippen LogP contribution is 2.13. The number of hydrogen-bond acceptors (Lipinski definition) is 3. The van der Waals surface area contributed by atoms with E-state index >= 15 is 0 Å². The Morgan fingerprint density at radius 2 is 1.38 bits per heavy atom. The Morgan fingerprint density at radius 1 is 0.844 bits per heavy atom. The van der Waals surface area contributed by atoms with Crippen LogP contribution >= 0.6 is 0 Å². The molecule has 0 aliphatic rings. The van der Waals surface area contributed by atoms with E-state index in [1.807, 2.05) is 0 Å². The Morgan fingerprint density at radius 3 is 1.88 bits per heavy atom. The molecule has 182 valence electrons. The summed E-state index contributed by atoms with van der Waals surface area (Å²) in [4.78, 5) is 24.7. The van der Waals surface area contributed by atoms with E-state index in [0.29, 0.717) is 6.61 Å². The second-order valence-electron chi connectivity index (χ2n) is 8.88. The summed E-state index contributed by atoms with van der Waals surface area (Å²) in [7, 11) is 0. The molecule has 32 heavy (non-hydrogen) atoms. The first-order valence-electron chi connectivity index (χ1n) is 12.3. The van der Waals surface area contributed by atoms with Crippen molar-refractivity contribution < 1.29 is 23.1 Å². The molecule has 0 spiro atoms. The third kappa shape index (κ3) is 11.6. The third-order valence-corrected chi connectivity index (χ3v) is 5.63. The summed E-state index contributed by atoms with van der Waals surface area (Å²) in [5, 5.41) is 2.57. The number of unbranched alkanes of at least 4 members (excludes halogenated alkanes) is 11. The van der Waals surface area contributed by atoms with Crippen molar-refractivity contribution in [2.45, 2.75) is 104 Å². The van der Waals surface area contributed by atoms with Crippen molar-refractivity contribution >= 4 is 11.9 Å². The smallest absolute Gasteiger partial charge is 0.328 e. The maximum atomic E-state index is 13.4. The van der Waals surface area contributed by atoms with Crippen LogP contribution in [-0.2, 0) is 9.53 Å². The molecule has 1 rings (SSSR count). The van der Waals surface area contributed by atoms with Crippen molar-refractivity contribution in [3.8, 4) is 0 Å². The van der Waals surface area contributed by atoms with Crippen LogP contribution in [0.2, 0.25) is 0 Å². The molecule has 0 aliphatic heterocycles. The number of carbonyl (C=O) groups is 2. The van der Waals surface area contributed by atoms with Crippen LogP contribution in [0.1, 0.15) is 108 Å². The van der Waals surface area contributed by atoms with Gasteiger partial charge in [-0.05, 0) is 30.5 Å². The highest BCUT2D eigenvalue weighted by atomic mass is 19.2. The van der Waals surface area contributed by atoms with Gasteiger partial charge in [-0.3, -0.25) is 4.79 Å². The Bertz CT molecular complexity index is 679. The van der Waals surface area contributed by atoms with Crippen molar-refractivity contribution in [1.29, 1.82) is 0 Å². The predicted molar refractivity (Wildman–Crippen MR) is 124 cm³/mol. The topological polar surface area (TPSA) is 55.4 Å². The van der Waals surface area contributed by atoms with Crippen molar-refractivity contribution in [3.63, 3.8) is 0 Å². The van der Waals surface area contributed by atoms with Crippen LogP contribution in [-0.4, -0.2) is 24.5 Å². The minimum absolute atomic E-state index is 0.0386. The van der Waals surface area contributed by atoms with Crippen LogP contribution in [0.5, 0.6) is 0 Å². The van der Waals surface area contributed by atoms with E-state index in [9.17, 15) is 18.4 Å². The standard InChI is InChI=1S/C26H41F2NO3/c1-4-5-6-7-8-9-10-11-12-13-14-15-18-32-26(31)24(20(2)3)29-25(30)21-16-17-22(27)23(28)19-21/h16-17,19-20,24H,4-15,18H2,1-3H3,(H,29,30). The Kier molecular flexibility index (Phi) is 14.6. The van der Waals surface area contributed by atoms with Crippen molar-refractivity contribution in [2.24, 2.45) is 5.92 Å². The second kappa shape index (κ2) is 16.6. The Hall–Kier alpha value is -1.98. The molecule has 1 aromatic rings. The number of carbonyl (C=O) groups excluding carboxylic acids is 2. The lowest BCUT2D eigenvalue weighted by Crippen LogP contribution is -2.45. The molecule has 0 saturated carbocycles. The van der Waals surface area contributed by atoms with Gasteiger partial charge in [0.05, 0.1) is 6.61 Å². The lowest BCUT2D eigenvalue weighted by atomic mass is 10.0. The first kappa shape index (κ1) is 28.1. The van der Waals surface area contributed by atoms with Gasteiger partial charge < -0.3 is 10.1 Å². The largest absolute Gasteiger partial charge is 0.464 e. The number of esters is 1. The van der Waals surface area contributed by atoms with Crippen LogP contribution in [0.4, 0.5) is 8.78 Å². The molecule has 4 nitrogen and oxygen atoms in total. The molecule has 1 unspecified atom stereocenters. The number of ether oxygens (including phenoxy) is 1. The van der Waals surface area contributed by atoms with Gasteiger partial charge in [-0.15, -0.1) is 0 Å². The van der Waals surface area contributed by atoms with E-state index < -0.39 is 29.6 Å². The Balaban J connectivity index is 2.20. The van der Waals surface area contributed by atoms with Gasteiger partial charge in [0.25, 0.3) is 5.91 Å². The molecule has 0 heterocycles. The third-order valence-electron chi connectivity index (χ3n) is 5.63. The fraction of sp³-hybridized carbons (Fsp3) is 0.692. The minimum Gasteiger partial charge on any atom is -0.464 e. The first-order chi connectivity index (χ1) is 15.4. The predicted octanol–water partition coefficient (Wildman–Crippen LogP) is 6.96. The molecule has 1 N–H and O–H groups in total. The zero-order valence-electron chi connectivity index (χ0n) is 20.1. The quantitative estimate of drug-likeness (QED) is 0.205. The van der Waals surface area contributed by atoms with E-state index in [2.05, 4.69) is 12.2 Å². The number of hydrogen-bond donors (Lipinski definition) is 1. The van der Waals surface area contributed by atoms with Crippen LogP contribution in [0.3, 0.4) is 0 Å². The number of halogens is 2. The molecule has 0 aromatic heterocycles. The van der Waals surface area contributed by atoms with Gasteiger partial charge in [0.1, 0.15) is 6.04 Å². The number of amides is 1. The molecular weight excluding hydrogens is 412 g/mol. The van der Waals surface area contributed by atoms with E-state index in [1.165, 1.54) is 63.9 Å². The van der Waals surface area contributed by atoms with Crippen LogP contribution in [0, 0.1) is 17.6 Å². The molecule has 0 radical (unpaired) electrons. The number of rotatable bonds is 17. The summed E-state index contributed by atoms with van der Waals surface area (Å²) >= 11 is 0. The van der Waals surface area contributed by atoms with Crippen molar-refractivity contribution in [3.05, 3.63) is 35.4 Å². The van der Waals surface area contributed by atoms with Gasteiger partial charge in [-0.2, -0.15) is 0 Å². The van der Waals surface area contributed by atoms with Crippen molar-refractivity contribution in [2.75, 3.05) is 6.61 Å². The molecular formula is C26H41F2NO3. The minimum atomic E-state index is -1.10. The maximum Gasteiger partial charge on any atom is 0.328 e. The van der Waals surface area contributed by atoms with E-state index in [-0.39, 0.29) is 11.5 Å². The summed E-state index contributed by atoms with van der Waals surface area (Å²) < 4.78 is 31.8. The average Bonchev–Trinajstić information content (AvgIpc) is 2.76. The second-order valence-corrected chi connectivity index (χ2v) is 8.88. The molecule has 6 heteroatoms. The zero-order chi connectivity index (χ0) is 23.8. The highest BCUT2D eigenvalue weighted by molar-refractivity contribution is 5.96. The van der Waals surface area contributed by atoms with Crippen LogP contribution in [0.25, 0.3) is 0 Å². The average molecular weight is 454 g/mol. The summed E-state index contributed by atoms with van der Waals surface area (Å²) in [5.74, 6) is -3.46. The lowest BCUT2D eigenvalue weighted by Gasteiger charge is -2.21. The first-order valence-corrected chi connectivity index (χ1v) is 12.3. The van der Waals surface area contributed by atoms with Crippen LogP contribution in [0.15, 0.2) is 18.2 Å². The van der Waals surface area contributed by atoms with Gasteiger partial charge >= 0.3 is 5.97 Å². The number of benzene rings is 1. The summed E-state index contributed by atoms with van der Waals surface area (Å²) in [6.07, 6.45) is 14.8. The molecule has 0 fully saturated rings. The SMILES string of the molecule is CCCCCCCCCCCCCCOC(=O)C(NC(=O)c1ccc(F)c(F)c1)C(C)C. The maximum absolute atomic E-state index is 13.4. The van der Waals surface area contributed by atoms with Gasteiger partial charge in [0, 0.05) is 5.56 Å². The zero-order valence-corrected chi connectivity index (χ0v) is 20.1. The molecule has 0 saturated heterocycles.